The van der Waals surface area contributed by atoms with Gasteiger partial charge in [0.1, 0.15) is 5.82 Å². The first kappa shape index (κ1) is 29.1. The van der Waals surface area contributed by atoms with Gasteiger partial charge < -0.3 is 4.74 Å². The van der Waals surface area contributed by atoms with Crippen molar-refractivity contribution in [3.05, 3.63) is 59.2 Å². The first-order chi connectivity index (χ1) is 17.4. The Hall–Kier alpha value is -2.49. The zero-order valence-electron chi connectivity index (χ0n) is 21.1. The van der Waals surface area contributed by atoms with E-state index in [1.165, 1.54) is 17.8 Å². The van der Waals surface area contributed by atoms with Crippen molar-refractivity contribution >= 4 is 47.1 Å². The molecule has 0 N–H and O–H groups in total. The van der Waals surface area contributed by atoms with Crippen LogP contribution in [0.4, 0.5) is 4.39 Å². The van der Waals surface area contributed by atoms with Crippen LogP contribution in [-0.2, 0) is 25.7 Å². The second kappa shape index (κ2) is 13.3. The lowest BCUT2D eigenvalue weighted by atomic mass is 9.93. The molecule has 10 heteroatoms. The molecule has 7 nitrogen and oxygen atoms in total. The van der Waals surface area contributed by atoms with Crippen LogP contribution in [0.25, 0.3) is 6.08 Å². The minimum absolute atomic E-state index is 0. The zero-order chi connectivity index (χ0) is 25.7. The van der Waals surface area contributed by atoms with Crippen molar-refractivity contribution in [3.8, 4) is 0 Å². The predicted octanol–water partition coefficient (Wildman–Crippen LogP) is 4.86. The third-order valence-electron chi connectivity index (χ3n) is 6.45. The number of aromatic nitrogens is 2. The molecular formula is C27H33ClFN3O4S. The van der Waals surface area contributed by atoms with Gasteiger partial charge in [0.05, 0.1) is 31.3 Å². The topological polar surface area (TPSA) is 81.5 Å². The van der Waals surface area contributed by atoms with E-state index in [0.29, 0.717) is 43.9 Å². The number of carbonyl (C=O) groups is 3. The molecule has 200 valence electrons. The maximum atomic E-state index is 14.8. The first-order valence-corrected chi connectivity index (χ1v) is 13.3. The van der Waals surface area contributed by atoms with Gasteiger partial charge in [-0.25, -0.2) is 4.39 Å². The number of Topliss-reactive ketones (excluding diaryl/α,β-unsaturated/α-hetero) is 1. The number of esters is 1. The largest absolute Gasteiger partial charge is 0.466 e. The van der Waals surface area contributed by atoms with E-state index in [-0.39, 0.29) is 52.7 Å². The fourth-order valence-corrected chi connectivity index (χ4v) is 5.52. The quantitative estimate of drug-likeness (QED) is 0.392. The fourth-order valence-electron chi connectivity index (χ4n) is 4.60. The molecule has 2 atom stereocenters. The molecule has 1 aromatic heterocycles. The minimum Gasteiger partial charge on any atom is -0.466 e. The van der Waals surface area contributed by atoms with Crippen LogP contribution in [0, 0.1) is 11.7 Å². The SMILES string of the molecule is CCOC(=O)CCn1ccc(C=C2CN(C(C(=O)C3CC3)c3ccccc3F)CC[C@@H]2SC(C)=O)n1.Cl. The molecule has 0 spiro atoms. The number of rotatable bonds is 10. The Kier molecular flexibility index (Phi) is 10.5. The van der Waals surface area contributed by atoms with Gasteiger partial charge in [-0.1, -0.05) is 30.0 Å². The van der Waals surface area contributed by atoms with Gasteiger partial charge in [0, 0.05) is 42.9 Å². The summed E-state index contributed by atoms with van der Waals surface area (Å²) in [5.74, 6) is -0.585. The molecule has 2 aliphatic rings. The number of carbonyl (C=O) groups excluding carboxylic acids is 3. The number of nitrogens with zero attached hydrogens (tertiary/aromatic N) is 3. The van der Waals surface area contributed by atoms with Gasteiger partial charge in [0.15, 0.2) is 10.9 Å². The van der Waals surface area contributed by atoms with E-state index >= 15 is 0 Å². The molecular weight excluding hydrogens is 517 g/mol. The van der Waals surface area contributed by atoms with Gasteiger partial charge in [-0.15, -0.1) is 12.4 Å². The summed E-state index contributed by atoms with van der Waals surface area (Å²) in [5, 5.41) is 4.54. The highest BCUT2D eigenvalue weighted by atomic mass is 35.5. The molecule has 37 heavy (non-hydrogen) atoms. The smallest absolute Gasteiger partial charge is 0.307 e. The van der Waals surface area contributed by atoms with Gasteiger partial charge >= 0.3 is 5.97 Å². The maximum Gasteiger partial charge on any atom is 0.307 e. The number of likely N-dealkylation sites (tertiary alicyclic amines) is 1. The highest BCUT2D eigenvalue weighted by Crippen LogP contribution is 2.40. The molecule has 2 aromatic rings. The van der Waals surface area contributed by atoms with Crippen molar-refractivity contribution in [2.75, 3.05) is 19.7 Å². The van der Waals surface area contributed by atoms with Crippen LogP contribution in [0.15, 0.2) is 42.1 Å². The van der Waals surface area contributed by atoms with E-state index < -0.39 is 6.04 Å². The number of ether oxygens (including phenoxy) is 1. The summed E-state index contributed by atoms with van der Waals surface area (Å²) >= 11 is 1.28. The second-order valence-corrected chi connectivity index (χ2v) is 10.6. The van der Waals surface area contributed by atoms with Crippen LogP contribution < -0.4 is 0 Å². The van der Waals surface area contributed by atoms with Crippen molar-refractivity contribution in [1.82, 2.24) is 14.7 Å². The molecule has 2 heterocycles. The summed E-state index contributed by atoms with van der Waals surface area (Å²) < 4.78 is 21.5. The average Bonchev–Trinajstić information content (AvgIpc) is 3.60. The molecule has 1 saturated heterocycles. The lowest BCUT2D eigenvalue weighted by Gasteiger charge is -2.38. The van der Waals surface area contributed by atoms with Gasteiger partial charge in [-0.05, 0) is 50.0 Å². The monoisotopic (exact) mass is 549 g/mol. The van der Waals surface area contributed by atoms with Crippen LogP contribution in [0.5, 0.6) is 0 Å². The third-order valence-corrected chi connectivity index (χ3v) is 7.60. The molecule has 0 bridgehead atoms. The van der Waals surface area contributed by atoms with Crippen molar-refractivity contribution < 1.29 is 23.5 Å². The number of halogens is 2. The molecule has 1 aromatic carbocycles. The summed E-state index contributed by atoms with van der Waals surface area (Å²) in [5.41, 5.74) is 2.09. The van der Waals surface area contributed by atoms with Crippen LogP contribution in [0.1, 0.15) is 56.8 Å². The van der Waals surface area contributed by atoms with Crippen molar-refractivity contribution in [3.63, 3.8) is 0 Å². The molecule has 4 rings (SSSR count). The minimum atomic E-state index is -0.646. The highest BCUT2D eigenvalue weighted by Gasteiger charge is 2.41. The summed E-state index contributed by atoms with van der Waals surface area (Å²) in [6.45, 7) is 5.11. The van der Waals surface area contributed by atoms with E-state index in [4.69, 9.17) is 4.74 Å². The standard InChI is InChI=1S/C27H32FN3O4S.ClH/c1-3-35-25(33)12-15-31-14-10-21(29-31)16-20-17-30(13-11-24(20)36-18(2)32)26(27(34)19-8-9-19)22-6-4-5-7-23(22)28;/h4-7,10,14,16,19,24,26H,3,8-9,11-13,15,17H2,1-2H3;1H/t24-,26?;/m0./s1. The van der Waals surface area contributed by atoms with Crippen molar-refractivity contribution in [1.29, 1.82) is 0 Å². The number of thioether (sulfide) groups is 1. The number of piperidine rings is 1. The summed E-state index contributed by atoms with van der Waals surface area (Å²) in [6, 6.07) is 7.72. The molecule has 0 amide bonds. The number of hydrogen-bond acceptors (Lipinski definition) is 7. The Morgan fingerprint density at radius 1 is 1.22 bits per heavy atom. The molecule has 1 saturated carbocycles. The predicted molar refractivity (Wildman–Crippen MR) is 144 cm³/mol. The van der Waals surface area contributed by atoms with Crippen LogP contribution in [0.3, 0.4) is 0 Å². The van der Waals surface area contributed by atoms with E-state index in [1.807, 2.05) is 17.0 Å². The van der Waals surface area contributed by atoms with E-state index in [9.17, 15) is 18.8 Å². The molecule has 1 aliphatic heterocycles. The molecule has 0 radical (unpaired) electrons. The van der Waals surface area contributed by atoms with Gasteiger partial charge in [0.2, 0.25) is 0 Å². The van der Waals surface area contributed by atoms with E-state index in [1.54, 1.807) is 42.9 Å². The van der Waals surface area contributed by atoms with E-state index in [0.717, 1.165) is 18.4 Å². The number of ketones is 1. The molecule has 1 aliphatic carbocycles. The summed E-state index contributed by atoms with van der Waals surface area (Å²) in [7, 11) is 0. The van der Waals surface area contributed by atoms with Gasteiger partial charge in [-0.2, -0.15) is 5.10 Å². The summed E-state index contributed by atoms with van der Waals surface area (Å²) in [6.07, 6.45) is 6.36. The second-order valence-electron chi connectivity index (χ2n) is 9.24. The Balaban J connectivity index is 0.00000380. The third kappa shape index (κ3) is 7.75. The van der Waals surface area contributed by atoms with Crippen molar-refractivity contribution in [2.45, 2.75) is 57.4 Å². The zero-order valence-corrected chi connectivity index (χ0v) is 22.7. The lowest BCUT2D eigenvalue weighted by Crippen LogP contribution is -2.43. The molecule has 2 fully saturated rings. The highest BCUT2D eigenvalue weighted by molar-refractivity contribution is 8.14. The normalized spacial score (nSPS) is 19.8. The Bertz CT molecular complexity index is 1150. The van der Waals surface area contributed by atoms with E-state index in [2.05, 4.69) is 5.10 Å². The Labute approximate surface area is 227 Å². The molecule has 1 unspecified atom stereocenters. The fraction of sp³-hybridized carbons (Fsp3) is 0.481. The number of hydrogen-bond donors (Lipinski definition) is 0. The average molecular weight is 550 g/mol. The van der Waals surface area contributed by atoms with Crippen LogP contribution in [0.2, 0.25) is 0 Å². The van der Waals surface area contributed by atoms with Crippen molar-refractivity contribution in [2.24, 2.45) is 5.92 Å². The van der Waals surface area contributed by atoms with Crippen LogP contribution >= 0.6 is 24.2 Å². The maximum absolute atomic E-state index is 14.8. The number of benzene rings is 1. The summed E-state index contributed by atoms with van der Waals surface area (Å²) in [4.78, 5) is 39.0. The van der Waals surface area contributed by atoms with Crippen LogP contribution in [-0.4, -0.2) is 56.5 Å². The number of aryl methyl sites for hydroxylation is 1. The first-order valence-electron chi connectivity index (χ1n) is 12.4. The lowest BCUT2D eigenvalue weighted by molar-refractivity contribution is -0.143. The van der Waals surface area contributed by atoms with Gasteiger partial charge in [-0.3, -0.25) is 24.0 Å². The Morgan fingerprint density at radius 2 is 1.97 bits per heavy atom. The van der Waals surface area contributed by atoms with Gasteiger partial charge in [0.25, 0.3) is 0 Å². The Morgan fingerprint density at radius 3 is 2.65 bits per heavy atom.